The van der Waals surface area contributed by atoms with Gasteiger partial charge in [0, 0.05) is 25.7 Å². The van der Waals surface area contributed by atoms with Crippen LogP contribution in [0.5, 0.6) is 0 Å². The fourth-order valence-electron chi connectivity index (χ4n) is 4.85. The van der Waals surface area contributed by atoms with E-state index in [1.807, 2.05) is 20.8 Å². The molecule has 0 saturated heterocycles. The van der Waals surface area contributed by atoms with Gasteiger partial charge >= 0.3 is 0 Å². The van der Waals surface area contributed by atoms with Crippen LogP contribution in [0.2, 0.25) is 0 Å². The summed E-state index contributed by atoms with van der Waals surface area (Å²) in [6.45, 7) is 34.5. The van der Waals surface area contributed by atoms with Crippen molar-refractivity contribution in [3.8, 4) is 0 Å². The van der Waals surface area contributed by atoms with Crippen LogP contribution in [0.3, 0.4) is 0 Å². The Morgan fingerprint density at radius 3 is 1.36 bits per heavy atom. The van der Waals surface area contributed by atoms with Crippen molar-refractivity contribution >= 4 is 0 Å². The molecule has 0 aromatic carbocycles. The van der Waals surface area contributed by atoms with E-state index in [-0.39, 0.29) is 38.9 Å². The first kappa shape index (κ1) is 34.2. The van der Waals surface area contributed by atoms with Gasteiger partial charge < -0.3 is 29.9 Å². The minimum atomic E-state index is -2.19. The van der Waals surface area contributed by atoms with E-state index >= 15 is 0 Å². The summed E-state index contributed by atoms with van der Waals surface area (Å²) < 4.78 is 13.3. The topological polar surface area (TPSA) is 99.4 Å². The van der Waals surface area contributed by atoms with E-state index in [1.165, 1.54) is 0 Å². The Balaban J connectivity index is 7.96. The van der Waals surface area contributed by atoms with Crippen molar-refractivity contribution in [3.63, 3.8) is 0 Å². The Hall–Kier alpha value is -1.80. The molecule has 0 spiro atoms. The first-order chi connectivity index (χ1) is 16.4. The molecular weight excluding hydrogens is 456 g/mol. The van der Waals surface area contributed by atoms with Crippen LogP contribution in [0.4, 0.5) is 0 Å². The van der Waals surface area contributed by atoms with Gasteiger partial charge in [-0.2, -0.15) is 0 Å². The van der Waals surface area contributed by atoms with Crippen LogP contribution in [0.1, 0.15) is 67.2 Å². The Morgan fingerprint density at radius 1 is 0.639 bits per heavy atom. The van der Waals surface area contributed by atoms with Gasteiger partial charge in [-0.05, 0) is 41.5 Å². The Bertz CT molecular complexity index is 824. The van der Waals surface area contributed by atoms with Gasteiger partial charge in [0.05, 0.1) is 19.8 Å². The van der Waals surface area contributed by atoms with Crippen molar-refractivity contribution in [1.82, 2.24) is 0 Å². The molecule has 0 heterocycles. The molecule has 0 saturated carbocycles. The smallest absolute Gasteiger partial charge is 0.133 e. The predicted octanol–water partition coefficient (Wildman–Crippen LogP) is 4.96. The van der Waals surface area contributed by atoms with Crippen LogP contribution in [0.15, 0.2) is 72.9 Å². The van der Waals surface area contributed by atoms with Crippen molar-refractivity contribution in [2.24, 2.45) is 0 Å². The van der Waals surface area contributed by atoms with Crippen LogP contribution in [0, 0.1) is 0 Å². The van der Waals surface area contributed by atoms with Crippen LogP contribution in [0.25, 0.3) is 0 Å². The molecule has 0 rings (SSSR count). The summed E-state index contributed by atoms with van der Waals surface area (Å²) in [4.78, 5) is 0. The summed E-state index contributed by atoms with van der Waals surface area (Å²) in [5.74, 6) is 0. The van der Waals surface area contributed by atoms with Gasteiger partial charge in [0.2, 0.25) is 0 Å². The largest absolute Gasteiger partial charge is 0.394 e. The molecule has 0 radical (unpaired) electrons. The molecule has 6 nitrogen and oxygen atoms in total. The van der Waals surface area contributed by atoms with Crippen molar-refractivity contribution in [1.29, 1.82) is 0 Å². The number of hydrogen-bond donors (Lipinski definition) is 4. The van der Waals surface area contributed by atoms with Gasteiger partial charge in [-0.1, -0.05) is 46.6 Å². The maximum absolute atomic E-state index is 12.6. The number of aliphatic hydroxyl groups excluding tert-OH is 3. The average Bonchev–Trinajstić information content (AvgIpc) is 2.71. The zero-order chi connectivity index (χ0) is 28.5. The summed E-state index contributed by atoms with van der Waals surface area (Å²) in [7, 11) is 0. The van der Waals surface area contributed by atoms with Crippen LogP contribution >= 0.6 is 0 Å². The summed E-state index contributed by atoms with van der Waals surface area (Å²) >= 11 is 0. The molecule has 6 heteroatoms. The second kappa shape index (κ2) is 14.2. The highest BCUT2D eigenvalue weighted by Crippen LogP contribution is 2.53. The predicted molar refractivity (Wildman–Crippen MR) is 149 cm³/mol. The van der Waals surface area contributed by atoms with E-state index in [0.29, 0.717) is 16.7 Å². The second-order valence-corrected chi connectivity index (χ2v) is 11.0. The molecular formula is C30H50O6. The summed E-state index contributed by atoms with van der Waals surface area (Å²) in [5, 5.41) is 44.4. The Labute approximate surface area is 219 Å². The van der Waals surface area contributed by atoms with E-state index in [2.05, 4.69) is 39.5 Å². The van der Waals surface area contributed by atoms with E-state index < -0.39 is 35.6 Å². The molecule has 0 aliphatic heterocycles. The number of hydrogen-bond acceptors (Lipinski definition) is 6. The zero-order valence-corrected chi connectivity index (χ0v) is 23.5. The highest BCUT2D eigenvalue weighted by atomic mass is 16.6. The standard InChI is InChI=1S/C30H50O6/c1-20(2)13-28(14-21(3)4,35-18-24(9)10)30(16-23(7)8,36-19-25(11)12)29(34,15-22(5)6)27(33)26(32)17-31/h26-27,31-34H,1,3,5,7,9,11,13-19H2,2,4,6,8,10,12H3/t26-,27-,29+,30-/m1/s1. The highest BCUT2D eigenvalue weighted by Gasteiger charge is 2.67. The third-order valence-corrected chi connectivity index (χ3v) is 5.93. The lowest BCUT2D eigenvalue weighted by Gasteiger charge is -2.59. The van der Waals surface area contributed by atoms with Crippen LogP contribution in [-0.4, -0.2) is 69.3 Å². The average molecular weight is 507 g/mol. The van der Waals surface area contributed by atoms with Crippen molar-refractivity contribution < 1.29 is 29.9 Å². The second-order valence-electron chi connectivity index (χ2n) is 11.0. The van der Waals surface area contributed by atoms with Gasteiger partial charge in [0.25, 0.3) is 0 Å². The van der Waals surface area contributed by atoms with Crippen LogP contribution in [-0.2, 0) is 9.47 Å². The molecule has 0 bridgehead atoms. The fraction of sp³-hybridized carbons (Fsp3) is 0.600. The lowest BCUT2D eigenvalue weighted by Crippen LogP contribution is -2.75. The van der Waals surface area contributed by atoms with Crippen molar-refractivity contribution in [2.75, 3.05) is 19.8 Å². The normalized spacial score (nSPS) is 16.8. The first-order valence-electron chi connectivity index (χ1n) is 12.2. The van der Waals surface area contributed by atoms with Gasteiger partial charge in [-0.3, -0.25) is 0 Å². The monoisotopic (exact) mass is 506 g/mol. The van der Waals surface area contributed by atoms with Gasteiger partial charge in [0.1, 0.15) is 29.0 Å². The molecule has 4 N–H and O–H groups in total. The van der Waals surface area contributed by atoms with Gasteiger partial charge in [-0.25, -0.2) is 0 Å². The molecule has 0 fully saturated rings. The Kier molecular flexibility index (Phi) is 13.5. The van der Waals surface area contributed by atoms with E-state index in [0.717, 1.165) is 16.7 Å². The summed E-state index contributed by atoms with van der Waals surface area (Å²) in [5.41, 5.74) is -1.14. The maximum Gasteiger partial charge on any atom is 0.133 e. The minimum absolute atomic E-state index is 0.0261. The van der Waals surface area contributed by atoms with E-state index in [1.54, 1.807) is 20.8 Å². The van der Waals surface area contributed by atoms with E-state index in [9.17, 15) is 20.4 Å². The zero-order valence-electron chi connectivity index (χ0n) is 23.5. The number of rotatable bonds is 19. The van der Waals surface area contributed by atoms with Gasteiger partial charge in [-0.15, -0.1) is 26.3 Å². The number of ether oxygens (including phenoxy) is 2. The maximum atomic E-state index is 12.6. The molecule has 0 aromatic rings. The minimum Gasteiger partial charge on any atom is -0.394 e. The molecule has 0 unspecified atom stereocenters. The molecule has 36 heavy (non-hydrogen) atoms. The Morgan fingerprint density at radius 2 is 1.03 bits per heavy atom. The molecule has 4 atom stereocenters. The van der Waals surface area contributed by atoms with Crippen molar-refractivity contribution in [3.05, 3.63) is 72.9 Å². The molecule has 206 valence electrons. The third kappa shape index (κ3) is 8.65. The molecule has 0 aromatic heterocycles. The SMILES string of the molecule is C=C(C)COC(CC(=C)C)(CC(=C)C)[C@@](CC(=C)C)(OCC(=C)C)[C@](O)(CC(=C)C)[C@H](O)[C@H](O)CO. The summed E-state index contributed by atoms with van der Waals surface area (Å²) in [6, 6.07) is 0. The molecule has 0 aliphatic rings. The third-order valence-electron chi connectivity index (χ3n) is 5.93. The quantitative estimate of drug-likeness (QED) is 0.185. The fourth-order valence-corrected chi connectivity index (χ4v) is 4.85. The molecule has 0 aliphatic carbocycles. The van der Waals surface area contributed by atoms with E-state index in [4.69, 9.17) is 9.47 Å². The van der Waals surface area contributed by atoms with Crippen LogP contribution < -0.4 is 0 Å². The lowest BCUT2D eigenvalue weighted by molar-refractivity contribution is -0.308. The number of aliphatic hydroxyl groups is 4. The lowest BCUT2D eigenvalue weighted by atomic mass is 9.59. The molecule has 0 amide bonds. The summed E-state index contributed by atoms with van der Waals surface area (Å²) in [6.07, 6.45) is -3.13. The van der Waals surface area contributed by atoms with Gasteiger partial charge in [0.15, 0.2) is 0 Å². The first-order valence-corrected chi connectivity index (χ1v) is 12.2. The highest BCUT2D eigenvalue weighted by molar-refractivity contribution is 5.28. The van der Waals surface area contributed by atoms with Crippen molar-refractivity contribution in [2.45, 2.75) is 96.2 Å².